The Labute approximate surface area is 292 Å². The van der Waals surface area contributed by atoms with Crippen molar-refractivity contribution in [2.75, 3.05) is 35.6 Å². The number of hydrogen-bond donors (Lipinski definition) is 5. The molecule has 49 heavy (non-hydrogen) atoms. The summed E-state index contributed by atoms with van der Waals surface area (Å²) in [6.45, 7) is 2.02. The zero-order valence-electron chi connectivity index (χ0n) is 26.5. The number of rotatable bonds is 11. The number of anilines is 3. The van der Waals surface area contributed by atoms with Crippen LogP contribution in [-0.2, 0) is 14.8 Å². The molecule has 2 unspecified atom stereocenters. The Morgan fingerprint density at radius 1 is 1.00 bits per heavy atom. The molecule has 1 aliphatic carbocycles. The molecule has 6 rings (SSSR count). The van der Waals surface area contributed by atoms with Crippen molar-refractivity contribution in [3.8, 4) is 17.1 Å². The zero-order valence-corrected chi connectivity index (χ0v) is 28.9. The summed E-state index contributed by atoms with van der Waals surface area (Å²) in [5, 5.41) is 12.0. The van der Waals surface area contributed by atoms with Gasteiger partial charge in [-0.15, -0.1) is 0 Å². The summed E-state index contributed by atoms with van der Waals surface area (Å²) in [6.07, 6.45) is 0.587. The van der Waals surface area contributed by atoms with E-state index >= 15 is 0 Å². The van der Waals surface area contributed by atoms with Crippen LogP contribution in [0.15, 0.2) is 83.8 Å². The van der Waals surface area contributed by atoms with Gasteiger partial charge < -0.3 is 19.9 Å². The van der Waals surface area contributed by atoms with Crippen LogP contribution in [0.1, 0.15) is 23.7 Å². The van der Waals surface area contributed by atoms with E-state index in [1.54, 1.807) is 42.7 Å². The molecule has 0 spiro atoms. The summed E-state index contributed by atoms with van der Waals surface area (Å²) in [6, 6.07) is 20.9. The van der Waals surface area contributed by atoms with Crippen LogP contribution in [0, 0.1) is 11.3 Å². The van der Waals surface area contributed by atoms with Crippen LogP contribution < -0.4 is 25.2 Å². The summed E-state index contributed by atoms with van der Waals surface area (Å²) >= 11 is 12.9. The number of fused-ring (bicyclic) bond motifs is 1. The number of imidazole rings is 1. The van der Waals surface area contributed by atoms with Crippen LogP contribution in [0.2, 0.25) is 10.0 Å². The lowest BCUT2D eigenvalue weighted by Gasteiger charge is -2.12. The number of ether oxygens (including phenoxy) is 1. The van der Waals surface area contributed by atoms with E-state index in [9.17, 15) is 18.0 Å². The minimum absolute atomic E-state index is 0.0453. The fraction of sp³-hybridized carbons (Fsp3) is 0.206. The predicted octanol–water partition coefficient (Wildman–Crippen LogP) is 6.57. The highest BCUT2D eigenvalue weighted by atomic mass is 35.5. The summed E-state index contributed by atoms with van der Waals surface area (Å²) in [7, 11) is -0.155. The topological polar surface area (TPSA) is 166 Å². The van der Waals surface area contributed by atoms with Crippen LogP contribution in [0.4, 0.5) is 17.1 Å². The first-order valence-electron chi connectivity index (χ1n) is 15.1. The average Bonchev–Trinajstić information content (AvgIpc) is 3.55. The van der Waals surface area contributed by atoms with Crippen molar-refractivity contribution in [1.29, 1.82) is 0 Å². The lowest BCUT2D eigenvalue weighted by Crippen LogP contribution is -2.29. The maximum Gasteiger partial charge on any atom is 0.261 e. The molecule has 4 aromatic carbocycles. The van der Waals surface area contributed by atoms with Gasteiger partial charge in [-0.2, -0.15) is 0 Å². The van der Waals surface area contributed by atoms with Crippen molar-refractivity contribution in [3.05, 3.63) is 94.5 Å². The first kappa shape index (κ1) is 34.1. The Morgan fingerprint density at radius 3 is 2.43 bits per heavy atom. The van der Waals surface area contributed by atoms with Crippen molar-refractivity contribution in [2.24, 2.45) is 11.3 Å². The second-order valence-electron chi connectivity index (χ2n) is 12.2. The molecule has 254 valence electrons. The highest BCUT2D eigenvalue weighted by Gasteiger charge is 2.56. The lowest BCUT2D eigenvalue weighted by molar-refractivity contribution is -0.134. The molecule has 0 aliphatic heterocycles. The smallest absolute Gasteiger partial charge is 0.261 e. The number of sulfonamides is 1. The molecule has 1 saturated carbocycles. The molecule has 1 aromatic heterocycles. The number of halogens is 2. The predicted molar refractivity (Wildman–Crippen MR) is 189 cm³/mol. The van der Waals surface area contributed by atoms with Gasteiger partial charge in [0.1, 0.15) is 11.6 Å². The molecular weight excluding hydrogens is 691 g/mol. The second kappa shape index (κ2) is 13.2. The van der Waals surface area contributed by atoms with Crippen molar-refractivity contribution in [3.63, 3.8) is 0 Å². The number of amides is 2. The van der Waals surface area contributed by atoms with E-state index < -0.39 is 27.3 Å². The van der Waals surface area contributed by atoms with E-state index in [1.807, 2.05) is 37.2 Å². The lowest BCUT2D eigenvalue weighted by atomic mass is 10.1. The number of aromatic nitrogens is 2. The Kier molecular flexibility index (Phi) is 9.20. The monoisotopic (exact) mass is 722 g/mol. The third-order valence-corrected chi connectivity index (χ3v) is 10.6. The molecule has 2 amide bonds. The van der Waals surface area contributed by atoms with Crippen molar-refractivity contribution in [2.45, 2.75) is 18.2 Å². The SMILES string of the molecule is CN(C)c1ccc2nc(-c3cc(NC(=O)c4ccc(S(=O)(=O)Nc5ccc(OCC6CC6(C)C(=O)NO)cc5)cc4Cl)ccc3Cl)[nH]c2c1. The molecule has 5 aromatic rings. The Bertz CT molecular complexity index is 2190. The molecule has 0 saturated heterocycles. The number of H-pyrrole nitrogens is 1. The standard InChI is InChI=1S/C34H32Cl2N6O6S/c1-34(33(44)40-45)17-19(34)18-48-23-8-4-20(5-9-23)41-49(46,47)24-10-11-25(28(36)16-24)32(43)37-21-6-12-27(35)26(14-21)31-38-29-13-7-22(42(2)3)15-30(29)39-31/h4-16,19,41,45H,17-18H2,1-3H3,(H,37,43)(H,38,39)(H,40,44). The van der Waals surface area contributed by atoms with E-state index in [2.05, 4.69) is 20.0 Å². The molecule has 1 heterocycles. The average molecular weight is 724 g/mol. The van der Waals surface area contributed by atoms with Gasteiger partial charge in [0, 0.05) is 42.6 Å². The first-order valence-corrected chi connectivity index (χ1v) is 17.3. The second-order valence-corrected chi connectivity index (χ2v) is 14.7. The van der Waals surface area contributed by atoms with Crippen LogP contribution in [-0.4, -0.2) is 56.1 Å². The summed E-state index contributed by atoms with van der Waals surface area (Å²) in [5.74, 6) is -0.0201. The van der Waals surface area contributed by atoms with E-state index in [4.69, 9.17) is 33.1 Å². The molecule has 1 fully saturated rings. The zero-order chi connectivity index (χ0) is 35.1. The summed E-state index contributed by atoms with van der Waals surface area (Å²) in [5.41, 5.74) is 4.98. The van der Waals surface area contributed by atoms with E-state index in [0.717, 1.165) is 16.7 Å². The van der Waals surface area contributed by atoms with Gasteiger partial charge in [-0.25, -0.2) is 18.9 Å². The molecule has 12 nitrogen and oxygen atoms in total. The van der Waals surface area contributed by atoms with E-state index in [-0.39, 0.29) is 33.7 Å². The van der Waals surface area contributed by atoms with Crippen LogP contribution in [0.5, 0.6) is 5.75 Å². The van der Waals surface area contributed by atoms with Crippen LogP contribution in [0.25, 0.3) is 22.4 Å². The van der Waals surface area contributed by atoms with Gasteiger partial charge in [-0.1, -0.05) is 30.1 Å². The summed E-state index contributed by atoms with van der Waals surface area (Å²) in [4.78, 5) is 34.8. The van der Waals surface area contributed by atoms with Crippen molar-refractivity contribution in [1.82, 2.24) is 15.4 Å². The van der Waals surface area contributed by atoms with Crippen LogP contribution >= 0.6 is 23.2 Å². The quantitative estimate of drug-likeness (QED) is 0.0755. The van der Waals surface area contributed by atoms with Crippen molar-refractivity contribution >= 4 is 73.1 Å². The molecular formula is C34H32Cl2N6O6S. The van der Waals surface area contributed by atoms with Gasteiger partial charge in [-0.05, 0) is 85.3 Å². The number of benzene rings is 4. The number of hydroxylamine groups is 1. The van der Waals surface area contributed by atoms with Gasteiger partial charge in [0.25, 0.3) is 15.9 Å². The first-order chi connectivity index (χ1) is 23.3. The minimum Gasteiger partial charge on any atom is -0.493 e. The fourth-order valence-corrected chi connectivity index (χ4v) is 6.99. The Morgan fingerprint density at radius 2 is 1.73 bits per heavy atom. The minimum atomic E-state index is -4.06. The Hall–Kier alpha value is -4.82. The third kappa shape index (κ3) is 7.15. The van der Waals surface area contributed by atoms with Gasteiger partial charge >= 0.3 is 0 Å². The molecule has 5 N–H and O–H groups in total. The highest BCUT2D eigenvalue weighted by molar-refractivity contribution is 7.92. The highest BCUT2D eigenvalue weighted by Crippen LogP contribution is 2.52. The van der Waals surface area contributed by atoms with Crippen molar-refractivity contribution < 1.29 is 28.0 Å². The largest absolute Gasteiger partial charge is 0.493 e. The molecule has 0 bridgehead atoms. The maximum atomic E-state index is 13.2. The fourth-order valence-electron chi connectivity index (χ4n) is 5.37. The van der Waals surface area contributed by atoms with Gasteiger partial charge in [0.05, 0.1) is 43.6 Å². The Balaban J connectivity index is 1.10. The molecule has 15 heteroatoms. The van der Waals surface area contributed by atoms with Gasteiger partial charge in [0.15, 0.2) is 0 Å². The molecule has 1 aliphatic rings. The molecule has 2 atom stereocenters. The van der Waals surface area contributed by atoms with Crippen LogP contribution in [0.3, 0.4) is 0 Å². The number of carbonyl (C=O) groups excluding carboxylic acids is 2. The molecule has 0 radical (unpaired) electrons. The summed E-state index contributed by atoms with van der Waals surface area (Å²) < 4.78 is 34.5. The number of nitrogens with one attached hydrogen (secondary N) is 4. The number of hydrogen-bond acceptors (Lipinski definition) is 8. The maximum absolute atomic E-state index is 13.2. The normalized spacial score (nSPS) is 17.0. The van der Waals surface area contributed by atoms with Gasteiger partial charge in [0.2, 0.25) is 5.91 Å². The van der Waals surface area contributed by atoms with Gasteiger partial charge in [-0.3, -0.25) is 19.5 Å². The van der Waals surface area contributed by atoms with E-state index in [1.165, 1.54) is 30.3 Å². The number of nitrogens with zero attached hydrogens (tertiary/aromatic N) is 2. The number of carbonyl (C=O) groups is 2. The number of aromatic amines is 1. The third-order valence-electron chi connectivity index (χ3n) is 8.55. The van der Waals surface area contributed by atoms with E-state index in [0.29, 0.717) is 34.3 Å².